The molecule has 1 N–H and O–H groups in total. The molecule has 0 radical (unpaired) electrons. The van der Waals surface area contributed by atoms with Crippen LogP contribution < -0.4 is 4.74 Å². The maximum atomic E-state index is 14.4. The summed E-state index contributed by atoms with van der Waals surface area (Å²) in [5.41, 5.74) is -1.41. The summed E-state index contributed by atoms with van der Waals surface area (Å²) in [4.78, 5) is -0.00551. The number of hydrogen-bond donors (Lipinski definition) is 1. The van der Waals surface area contributed by atoms with Crippen LogP contribution in [0.4, 0.5) is 17.6 Å². The Bertz CT molecular complexity index is 1220. The number of aliphatic hydroxyl groups is 1. The highest BCUT2D eigenvalue weighted by Crippen LogP contribution is 2.43. The molecule has 1 heterocycles. The third-order valence-electron chi connectivity index (χ3n) is 4.75. The van der Waals surface area contributed by atoms with Gasteiger partial charge in [-0.1, -0.05) is 18.2 Å². The fraction of sp³-hybridized carbons (Fsp3) is 0.286. The standard InChI is InChI=1S/C21H20F4N2O4S/c1-31-17-9-6-14(12-16(17)22)18-19(13-4-7-15(8-5-13)32(2,29)30)26-27(10-3-11-28)20(18)21(23,24)25/h4-9,12,28H,3,10-11H2,1-2H3. The van der Waals surface area contributed by atoms with Gasteiger partial charge in [-0.25, -0.2) is 12.8 Å². The zero-order valence-electron chi connectivity index (χ0n) is 17.1. The molecule has 0 saturated heterocycles. The van der Waals surface area contributed by atoms with Crippen molar-refractivity contribution in [1.82, 2.24) is 9.78 Å². The summed E-state index contributed by atoms with van der Waals surface area (Å²) in [6, 6.07) is 8.66. The van der Waals surface area contributed by atoms with Gasteiger partial charge in [0.1, 0.15) is 5.69 Å². The van der Waals surface area contributed by atoms with Gasteiger partial charge in [-0.15, -0.1) is 0 Å². The van der Waals surface area contributed by atoms with E-state index in [0.29, 0.717) is 0 Å². The Morgan fingerprint density at radius 3 is 2.22 bits per heavy atom. The Morgan fingerprint density at radius 2 is 1.72 bits per heavy atom. The first-order valence-corrected chi connectivity index (χ1v) is 11.3. The number of halogens is 4. The molecule has 0 saturated carbocycles. The molecular formula is C21H20F4N2O4S. The van der Waals surface area contributed by atoms with Gasteiger partial charge in [-0.2, -0.15) is 18.3 Å². The number of aryl methyl sites for hydroxylation is 1. The Balaban J connectivity index is 2.30. The van der Waals surface area contributed by atoms with Crippen molar-refractivity contribution in [1.29, 1.82) is 0 Å². The van der Waals surface area contributed by atoms with Crippen LogP contribution in [0.25, 0.3) is 22.4 Å². The van der Waals surface area contributed by atoms with Gasteiger partial charge >= 0.3 is 6.18 Å². The molecule has 0 aliphatic rings. The highest BCUT2D eigenvalue weighted by molar-refractivity contribution is 7.90. The summed E-state index contributed by atoms with van der Waals surface area (Å²) in [5, 5.41) is 13.2. The van der Waals surface area contributed by atoms with E-state index < -0.39 is 27.5 Å². The summed E-state index contributed by atoms with van der Waals surface area (Å²) in [7, 11) is -2.28. The fourth-order valence-electron chi connectivity index (χ4n) is 3.29. The van der Waals surface area contributed by atoms with Crippen LogP contribution in [0.1, 0.15) is 12.1 Å². The van der Waals surface area contributed by atoms with Crippen molar-refractivity contribution in [3.8, 4) is 28.1 Å². The number of alkyl halides is 3. The number of aromatic nitrogens is 2. The van der Waals surface area contributed by atoms with Crippen molar-refractivity contribution >= 4 is 9.84 Å². The Labute approximate surface area is 182 Å². The number of aliphatic hydroxyl groups excluding tert-OH is 1. The van der Waals surface area contributed by atoms with Gasteiger partial charge in [0.2, 0.25) is 0 Å². The predicted molar refractivity (Wildman–Crippen MR) is 109 cm³/mol. The van der Waals surface area contributed by atoms with Gasteiger partial charge in [0.05, 0.1) is 12.0 Å². The second-order valence-electron chi connectivity index (χ2n) is 7.02. The lowest BCUT2D eigenvalue weighted by atomic mass is 9.98. The van der Waals surface area contributed by atoms with Gasteiger partial charge in [-0.3, -0.25) is 4.68 Å². The number of hydrogen-bond acceptors (Lipinski definition) is 5. The van der Waals surface area contributed by atoms with Crippen molar-refractivity contribution in [2.75, 3.05) is 20.0 Å². The number of ether oxygens (including phenoxy) is 1. The minimum Gasteiger partial charge on any atom is -0.494 e. The smallest absolute Gasteiger partial charge is 0.433 e. The summed E-state index contributed by atoms with van der Waals surface area (Å²) in [5.74, 6) is -0.978. The molecular weight excluding hydrogens is 452 g/mol. The largest absolute Gasteiger partial charge is 0.494 e. The molecule has 3 rings (SSSR count). The van der Waals surface area contributed by atoms with E-state index in [2.05, 4.69) is 5.10 Å². The maximum absolute atomic E-state index is 14.4. The number of sulfone groups is 1. The molecule has 0 bridgehead atoms. The minimum atomic E-state index is -4.83. The predicted octanol–water partition coefficient (Wildman–Crippen LogP) is 4.17. The summed E-state index contributed by atoms with van der Waals surface area (Å²) >= 11 is 0. The van der Waals surface area contributed by atoms with E-state index >= 15 is 0 Å². The molecule has 32 heavy (non-hydrogen) atoms. The zero-order chi connectivity index (χ0) is 23.7. The molecule has 3 aromatic rings. The summed E-state index contributed by atoms with van der Waals surface area (Å²) in [6.45, 7) is -0.569. The van der Waals surface area contributed by atoms with Crippen LogP contribution in [0.3, 0.4) is 0 Å². The SMILES string of the molecule is COc1ccc(-c2c(-c3ccc(S(C)(=O)=O)cc3)nn(CCCO)c2C(F)(F)F)cc1F. The summed E-state index contributed by atoms with van der Waals surface area (Å²) < 4.78 is 85.7. The first-order valence-electron chi connectivity index (χ1n) is 9.40. The van der Waals surface area contributed by atoms with Crippen LogP contribution in [0.2, 0.25) is 0 Å². The zero-order valence-corrected chi connectivity index (χ0v) is 18.0. The Morgan fingerprint density at radius 1 is 1.09 bits per heavy atom. The van der Waals surface area contributed by atoms with E-state index in [9.17, 15) is 26.0 Å². The van der Waals surface area contributed by atoms with E-state index in [-0.39, 0.29) is 52.6 Å². The lowest BCUT2D eigenvalue weighted by Gasteiger charge is -2.13. The maximum Gasteiger partial charge on any atom is 0.433 e. The number of benzene rings is 2. The third kappa shape index (κ3) is 4.78. The van der Waals surface area contributed by atoms with Crippen LogP contribution in [0.5, 0.6) is 5.75 Å². The van der Waals surface area contributed by atoms with Crippen molar-refractivity contribution in [3.05, 3.63) is 54.0 Å². The second-order valence-corrected chi connectivity index (χ2v) is 9.03. The molecule has 2 aromatic carbocycles. The van der Waals surface area contributed by atoms with Crippen LogP contribution in [-0.2, 0) is 22.6 Å². The van der Waals surface area contributed by atoms with Gasteiger partial charge in [0.15, 0.2) is 27.1 Å². The average Bonchev–Trinajstić information content (AvgIpc) is 3.11. The first kappa shape index (κ1) is 23.7. The van der Waals surface area contributed by atoms with Gasteiger partial charge in [0, 0.05) is 30.5 Å². The molecule has 0 unspecified atom stereocenters. The van der Waals surface area contributed by atoms with E-state index in [1.807, 2.05) is 0 Å². The Hall–Kier alpha value is -2.92. The van der Waals surface area contributed by atoms with Crippen LogP contribution >= 0.6 is 0 Å². The van der Waals surface area contributed by atoms with E-state index in [0.717, 1.165) is 17.0 Å². The molecule has 1 aromatic heterocycles. The van der Waals surface area contributed by atoms with Crippen molar-refractivity contribution in [2.45, 2.75) is 24.0 Å². The normalized spacial score (nSPS) is 12.2. The van der Waals surface area contributed by atoms with Crippen LogP contribution in [-0.4, -0.2) is 43.3 Å². The van der Waals surface area contributed by atoms with Crippen LogP contribution in [0, 0.1) is 5.82 Å². The molecule has 0 atom stereocenters. The lowest BCUT2D eigenvalue weighted by molar-refractivity contribution is -0.143. The van der Waals surface area contributed by atoms with Crippen LogP contribution in [0.15, 0.2) is 47.4 Å². The Kier molecular flexibility index (Phi) is 6.61. The molecule has 0 spiro atoms. The van der Waals surface area contributed by atoms with E-state index in [1.54, 1.807) is 0 Å². The number of nitrogens with zero attached hydrogens (tertiary/aromatic N) is 2. The molecule has 0 aliphatic heterocycles. The van der Waals surface area contributed by atoms with E-state index in [1.165, 1.54) is 43.5 Å². The first-order chi connectivity index (χ1) is 15.0. The summed E-state index contributed by atoms with van der Waals surface area (Å²) in [6.07, 6.45) is -3.80. The average molecular weight is 472 g/mol. The molecule has 0 aliphatic carbocycles. The lowest BCUT2D eigenvalue weighted by Crippen LogP contribution is -2.16. The molecule has 11 heteroatoms. The molecule has 0 fully saturated rings. The topological polar surface area (TPSA) is 81.4 Å². The quantitative estimate of drug-likeness (QED) is 0.522. The highest BCUT2D eigenvalue weighted by Gasteiger charge is 2.40. The molecule has 0 amide bonds. The monoisotopic (exact) mass is 472 g/mol. The van der Waals surface area contributed by atoms with E-state index in [4.69, 9.17) is 9.84 Å². The molecule has 172 valence electrons. The van der Waals surface area contributed by atoms with Crippen molar-refractivity contribution < 1.29 is 35.8 Å². The second kappa shape index (κ2) is 8.91. The van der Waals surface area contributed by atoms with Crippen molar-refractivity contribution in [2.24, 2.45) is 0 Å². The van der Waals surface area contributed by atoms with Gasteiger partial charge in [0.25, 0.3) is 0 Å². The number of rotatable bonds is 7. The fourth-order valence-corrected chi connectivity index (χ4v) is 3.92. The highest BCUT2D eigenvalue weighted by atomic mass is 32.2. The van der Waals surface area contributed by atoms with Crippen molar-refractivity contribution in [3.63, 3.8) is 0 Å². The van der Waals surface area contributed by atoms with Gasteiger partial charge < -0.3 is 9.84 Å². The number of methoxy groups -OCH3 is 1. The molecule has 6 nitrogen and oxygen atoms in total. The van der Waals surface area contributed by atoms with Gasteiger partial charge in [-0.05, 0) is 36.2 Å². The third-order valence-corrected chi connectivity index (χ3v) is 5.87. The minimum absolute atomic E-state index is 0.00551.